The molecular formula is C28H35F3N4O5S. The molecule has 0 radical (unpaired) electrons. The minimum Gasteiger partial charge on any atom is -0.384 e. The maximum Gasteiger partial charge on any atom is 0.416 e. The summed E-state index contributed by atoms with van der Waals surface area (Å²) in [6.45, 7) is 3.79. The van der Waals surface area contributed by atoms with Crippen LogP contribution in [0.5, 0.6) is 0 Å². The van der Waals surface area contributed by atoms with Crippen molar-refractivity contribution in [1.29, 1.82) is 0 Å². The minimum absolute atomic E-state index is 0.0897. The average Bonchev–Trinajstić information content (AvgIpc) is 2.90. The van der Waals surface area contributed by atoms with E-state index in [0.717, 1.165) is 31.2 Å². The van der Waals surface area contributed by atoms with Crippen molar-refractivity contribution in [1.82, 2.24) is 16.0 Å². The molecule has 0 saturated heterocycles. The Bertz CT molecular complexity index is 1360. The molecule has 4 N–H and O–H groups in total. The van der Waals surface area contributed by atoms with Gasteiger partial charge in [0.2, 0.25) is 5.91 Å². The maximum atomic E-state index is 13.3. The fraction of sp³-hybridized carbons (Fsp3) is 0.464. The summed E-state index contributed by atoms with van der Waals surface area (Å²) >= 11 is 0. The van der Waals surface area contributed by atoms with Crippen molar-refractivity contribution in [3.63, 3.8) is 0 Å². The van der Waals surface area contributed by atoms with E-state index >= 15 is 0 Å². The van der Waals surface area contributed by atoms with Crippen LogP contribution in [0.15, 0.2) is 47.4 Å². The number of rotatable bonds is 10. The molecule has 1 aliphatic rings. The first-order valence-electron chi connectivity index (χ1n) is 13.3. The molecule has 2 unspecified atom stereocenters. The van der Waals surface area contributed by atoms with Crippen LogP contribution in [0, 0.1) is 5.92 Å². The molecule has 1 fully saturated rings. The van der Waals surface area contributed by atoms with Gasteiger partial charge in [-0.1, -0.05) is 26.7 Å². The molecule has 13 heteroatoms. The molecule has 224 valence electrons. The molecule has 1 saturated carbocycles. The van der Waals surface area contributed by atoms with E-state index in [0.29, 0.717) is 19.4 Å². The Morgan fingerprint density at radius 1 is 0.927 bits per heavy atom. The number of alkyl halides is 3. The number of hydrogen-bond acceptors (Lipinski definition) is 6. The summed E-state index contributed by atoms with van der Waals surface area (Å²) in [6, 6.07) is 7.54. The zero-order chi connectivity index (χ0) is 30.4. The van der Waals surface area contributed by atoms with Gasteiger partial charge in [-0.05, 0) is 61.2 Å². The number of amides is 3. The lowest BCUT2D eigenvalue weighted by Crippen LogP contribution is -2.54. The third-order valence-corrected chi connectivity index (χ3v) is 7.80. The summed E-state index contributed by atoms with van der Waals surface area (Å²) < 4.78 is 63.2. The van der Waals surface area contributed by atoms with Crippen molar-refractivity contribution in [2.24, 2.45) is 5.92 Å². The molecule has 1 aliphatic carbocycles. The molecule has 41 heavy (non-hydrogen) atoms. The zero-order valence-corrected chi connectivity index (χ0v) is 23.9. The van der Waals surface area contributed by atoms with Crippen molar-refractivity contribution < 1.29 is 36.0 Å². The highest BCUT2D eigenvalue weighted by atomic mass is 32.2. The minimum atomic E-state index is -4.64. The van der Waals surface area contributed by atoms with Gasteiger partial charge in [-0.15, -0.1) is 0 Å². The van der Waals surface area contributed by atoms with Crippen molar-refractivity contribution >= 4 is 33.2 Å². The normalized spacial score (nSPS) is 17.5. The van der Waals surface area contributed by atoms with Gasteiger partial charge in [-0.3, -0.25) is 14.4 Å². The second-order valence-corrected chi connectivity index (χ2v) is 12.6. The number of nitrogens with one attached hydrogen (secondary N) is 4. The van der Waals surface area contributed by atoms with Crippen LogP contribution in [-0.2, 0) is 20.8 Å². The number of carbonyl (C=O) groups is 3. The van der Waals surface area contributed by atoms with Gasteiger partial charge < -0.3 is 21.3 Å². The van der Waals surface area contributed by atoms with Gasteiger partial charge in [-0.25, -0.2) is 8.42 Å². The van der Waals surface area contributed by atoms with E-state index in [1.807, 2.05) is 13.8 Å². The predicted octanol–water partition coefficient (Wildman–Crippen LogP) is 3.76. The fourth-order valence-corrected chi connectivity index (χ4v) is 5.10. The van der Waals surface area contributed by atoms with E-state index in [4.69, 9.17) is 0 Å². The van der Waals surface area contributed by atoms with Crippen LogP contribution < -0.4 is 21.3 Å². The van der Waals surface area contributed by atoms with Crippen LogP contribution in [0.4, 0.5) is 18.9 Å². The van der Waals surface area contributed by atoms with Crippen LogP contribution in [0.3, 0.4) is 0 Å². The maximum absolute atomic E-state index is 13.3. The van der Waals surface area contributed by atoms with Crippen LogP contribution in [0.2, 0.25) is 0 Å². The third-order valence-electron chi connectivity index (χ3n) is 6.68. The molecule has 2 aromatic rings. The molecule has 0 aromatic heterocycles. The molecule has 0 heterocycles. The van der Waals surface area contributed by atoms with Crippen LogP contribution in [-0.4, -0.2) is 57.6 Å². The Labute approximate surface area is 237 Å². The largest absolute Gasteiger partial charge is 0.416 e. The third kappa shape index (κ3) is 9.20. The van der Waals surface area contributed by atoms with E-state index in [1.54, 1.807) is 0 Å². The summed E-state index contributed by atoms with van der Waals surface area (Å²) in [6.07, 6.45) is -0.764. The summed E-state index contributed by atoms with van der Waals surface area (Å²) in [5, 5.41) is 11.1. The lowest BCUT2D eigenvalue weighted by molar-refractivity contribution is -0.137. The lowest BCUT2D eigenvalue weighted by Gasteiger charge is -2.33. The van der Waals surface area contributed by atoms with Crippen molar-refractivity contribution in [3.8, 4) is 0 Å². The summed E-state index contributed by atoms with van der Waals surface area (Å²) in [5.74, 6) is -1.63. The first-order valence-corrected chi connectivity index (χ1v) is 15.2. The molecule has 0 aliphatic heterocycles. The van der Waals surface area contributed by atoms with Crippen molar-refractivity contribution in [2.75, 3.05) is 24.7 Å². The highest BCUT2D eigenvalue weighted by molar-refractivity contribution is 7.90. The van der Waals surface area contributed by atoms with Crippen molar-refractivity contribution in [2.45, 2.75) is 62.7 Å². The van der Waals surface area contributed by atoms with E-state index in [-0.39, 0.29) is 27.6 Å². The summed E-state index contributed by atoms with van der Waals surface area (Å²) in [4.78, 5) is 38.4. The molecule has 0 bridgehead atoms. The molecule has 3 rings (SSSR count). The average molecular weight is 597 g/mol. The smallest absolute Gasteiger partial charge is 0.384 e. The highest BCUT2D eigenvalue weighted by Crippen LogP contribution is 2.32. The van der Waals surface area contributed by atoms with Crippen LogP contribution in [0.1, 0.15) is 65.8 Å². The lowest BCUT2D eigenvalue weighted by atomic mass is 9.90. The van der Waals surface area contributed by atoms with Gasteiger partial charge >= 0.3 is 6.18 Å². The first kappa shape index (κ1) is 31.9. The number of carbonyl (C=O) groups excluding carboxylic acids is 3. The van der Waals surface area contributed by atoms with Gasteiger partial charge in [0.1, 0.15) is 0 Å². The highest BCUT2D eigenvalue weighted by Gasteiger charge is 2.32. The van der Waals surface area contributed by atoms with Gasteiger partial charge in [0.05, 0.1) is 22.6 Å². The standard InChI is InChI=1S/C28H35F3N4O5S/c1-17(2)15-32-22-13-10-19(28(29,30)31)14-21(22)27(38)33-16-25(36)34-23-6-4-5-7-24(23)35-26(37)18-8-11-20(12-9-18)41(3,39)40/h8-14,17,23-24,32H,4-7,15-16H2,1-3H3,(H,33,38)(H,34,36)(H,35,37). The monoisotopic (exact) mass is 596 g/mol. The van der Waals surface area contributed by atoms with Gasteiger partial charge in [0.25, 0.3) is 11.8 Å². The Kier molecular flexibility index (Phi) is 10.4. The Morgan fingerprint density at radius 3 is 2.10 bits per heavy atom. The Hall–Kier alpha value is -3.61. The van der Waals surface area contributed by atoms with Gasteiger partial charge in [0.15, 0.2) is 9.84 Å². The fourth-order valence-electron chi connectivity index (χ4n) is 4.47. The molecule has 3 amide bonds. The van der Waals surface area contributed by atoms with E-state index < -0.39 is 57.9 Å². The number of anilines is 1. The SMILES string of the molecule is CC(C)CNc1ccc(C(F)(F)F)cc1C(=O)NCC(=O)NC1CCCCC1NC(=O)c1ccc(S(C)(=O)=O)cc1. The molecule has 0 spiro atoms. The van der Waals surface area contributed by atoms with E-state index in [1.165, 1.54) is 30.3 Å². The van der Waals surface area contributed by atoms with Gasteiger partial charge in [-0.2, -0.15) is 13.2 Å². The number of sulfone groups is 1. The quantitative estimate of drug-likeness (QED) is 0.330. The Morgan fingerprint density at radius 2 is 1.54 bits per heavy atom. The Balaban J connectivity index is 1.63. The molecular weight excluding hydrogens is 561 g/mol. The van der Waals surface area contributed by atoms with E-state index in [9.17, 15) is 36.0 Å². The summed E-state index contributed by atoms with van der Waals surface area (Å²) in [5.41, 5.74) is -0.709. The molecule has 9 nitrogen and oxygen atoms in total. The number of hydrogen-bond donors (Lipinski definition) is 4. The molecule has 2 aromatic carbocycles. The van der Waals surface area contributed by atoms with Gasteiger partial charge in [0, 0.05) is 36.1 Å². The second kappa shape index (κ2) is 13.4. The van der Waals surface area contributed by atoms with Crippen LogP contribution in [0.25, 0.3) is 0 Å². The number of benzene rings is 2. The molecule has 2 atom stereocenters. The second-order valence-electron chi connectivity index (χ2n) is 10.6. The van der Waals surface area contributed by atoms with Crippen LogP contribution >= 0.6 is 0 Å². The topological polar surface area (TPSA) is 133 Å². The first-order chi connectivity index (χ1) is 19.1. The predicted molar refractivity (Wildman–Crippen MR) is 148 cm³/mol. The van der Waals surface area contributed by atoms with Crippen molar-refractivity contribution in [3.05, 3.63) is 59.2 Å². The summed E-state index contributed by atoms with van der Waals surface area (Å²) in [7, 11) is -3.40. The van der Waals surface area contributed by atoms with E-state index in [2.05, 4.69) is 21.3 Å². The zero-order valence-electron chi connectivity index (χ0n) is 23.1. The number of halogens is 3.